The predicted molar refractivity (Wildman–Crippen MR) is 116 cm³/mol. The molecule has 9 nitrogen and oxygen atoms in total. The number of aryl methyl sites for hydroxylation is 1. The fourth-order valence-corrected chi connectivity index (χ4v) is 3.18. The van der Waals surface area contributed by atoms with E-state index in [1.807, 2.05) is 30.3 Å². The summed E-state index contributed by atoms with van der Waals surface area (Å²) in [5.41, 5.74) is 8.75. The number of hydrogen-bond donors (Lipinski definition) is 2. The lowest BCUT2D eigenvalue weighted by atomic mass is 10.2. The van der Waals surface area contributed by atoms with Crippen LogP contribution in [0.15, 0.2) is 54.6 Å². The van der Waals surface area contributed by atoms with Crippen molar-refractivity contribution in [3.05, 3.63) is 83.2 Å². The SMILES string of the molecule is Cc1nn(-c2ccccc2)c(C)c1C(=O)OCc1nc(N)nc(Nc2ccc(F)cc2)n1. The molecule has 0 aliphatic carbocycles. The maximum Gasteiger partial charge on any atom is 0.342 e. The Morgan fingerprint density at radius 3 is 2.50 bits per heavy atom. The van der Waals surface area contributed by atoms with Crippen LogP contribution in [0.25, 0.3) is 5.69 Å². The van der Waals surface area contributed by atoms with Crippen LogP contribution in [0.5, 0.6) is 0 Å². The van der Waals surface area contributed by atoms with E-state index in [1.54, 1.807) is 18.5 Å². The molecule has 0 atom stereocenters. The molecule has 2 heterocycles. The number of aromatic nitrogens is 5. The van der Waals surface area contributed by atoms with E-state index < -0.39 is 5.97 Å². The van der Waals surface area contributed by atoms with Crippen LogP contribution < -0.4 is 11.1 Å². The van der Waals surface area contributed by atoms with Crippen molar-refractivity contribution in [3.63, 3.8) is 0 Å². The molecule has 0 aliphatic heterocycles. The van der Waals surface area contributed by atoms with Gasteiger partial charge in [-0.2, -0.15) is 20.1 Å². The lowest BCUT2D eigenvalue weighted by Gasteiger charge is -2.08. The monoisotopic (exact) mass is 433 g/mol. The van der Waals surface area contributed by atoms with E-state index in [-0.39, 0.29) is 30.1 Å². The second-order valence-electron chi connectivity index (χ2n) is 6.93. The molecule has 4 aromatic rings. The number of hydrogen-bond acceptors (Lipinski definition) is 8. The van der Waals surface area contributed by atoms with Gasteiger partial charge in [0.15, 0.2) is 12.4 Å². The molecule has 10 heteroatoms. The number of carbonyl (C=O) groups is 1. The first-order chi connectivity index (χ1) is 15.4. The van der Waals surface area contributed by atoms with E-state index in [2.05, 4.69) is 25.4 Å². The van der Waals surface area contributed by atoms with E-state index in [0.29, 0.717) is 22.6 Å². The van der Waals surface area contributed by atoms with Gasteiger partial charge in [0.05, 0.1) is 17.1 Å². The summed E-state index contributed by atoms with van der Waals surface area (Å²) in [7, 11) is 0. The number of rotatable bonds is 6. The van der Waals surface area contributed by atoms with Crippen molar-refractivity contribution < 1.29 is 13.9 Å². The zero-order valence-corrected chi connectivity index (χ0v) is 17.4. The molecular formula is C22H20FN7O2. The third-order valence-corrected chi connectivity index (χ3v) is 4.63. The standard InChI is InChI=1S/C22H20FN7O2/c1-13-19(14(2)30(29-13)17-6-4-3-5-7-17)20(31)32-12-18-26-21(24)28-22(27-18)25-16-10-8-15(23)9-11-16/h3-11H,12H2,1-2H3,(H3,24,25,26,27,28). The van der Waals surface area contributed by atoms with Crippen molar-refractivity contribution in [2.75, 3.05) is 11.1 Å². The second kappa shape index (κ2) is 8.80. The smallest absolute Gasteiger partial charge is 0.342 e. The molecule has 0 bridgehead atoms. The summed E-state index contributed by atoms with van der Waals surface area (Å²) in [4.78, 5) is 25.0. The molecule has 32 heavy (non-hydrogen) atoms. The Bertz CT molecular complexity index is 1260. The van der Waals surface area contributed by atoms with Gasteiger partial charge < -0.3 is 15.8 Å². The fraction of sp³-hybridized carbons (Fsp3) is 0.136. The van der Waals surface area contributed by atoms with Crippen molar-refractivity contribution in [1.82, 2.24) is 24.7 Å². The summed E-state index contributed by atoms with van der Waals surface area (Å²) in [6.07, 6.45) is 0. The van der Waals surface area contributed by atoms with Gasteiger partial charge in [-0.05, 0) is 50.2 Å². The molecule has 0 aliphatic rings. The van der Waals surface area contributed by atoms with Gasteiger partial charge in [-0.3, -0.25) is 0 Å². The quantitative estimate of drug-likeness (QED) is 0.443. The zero-order valence-electron chi connectivity index (χ0n) is 17.4. The van der Waals surface area contributed by atoms with Gasteiger partial charge in [0, 0.05) is 5.69 Å². The van der Waals surface area contributed by atoms with Gasteiger partial charge in [0.2, 0.25) is 11.9 Å². The van der Waals surface area contributed by atoms with Crippen LogP contribution in [0.1, 0.15) is 27.6 Å². The summed E-state index contributed by atoms with van der Waals surface area (Å²) in [6, 6.07) is 15.2. The Morgan fingerprint density at radius 2 is 1.78 bits per heavy atom. The number of halogens is 1. The number of nitrogens with two attached hydrogens (primary N) is 1. The zero-order chi connectivity index (χ0) is 22.7. The minimum atomic E-state index is -0.547. The molecule has 2 aromatic carbocycles. The third kappa shape index (κ3) is 4.53. The van der Waals surface area contributed by atoms with Gasteiger partial charge in [0.25, 0.3) is 0 Å². The van der Waals surface area contributed by atoms with Crippen LogP contribution in [0, 0.1) is 19.7 Å². The largest absolute Gasteiger partial charge is 0.454 e. The lowest BCUT2D eigenvalue weighted by Crippen LogP contribution is -2.12. The number of ether oxygens (including phenoxy) is 1. The predicted octanol–water partition coefficient (Wildman–Crippen LogP) is 3.50. The summed E-state index contributed by atoms with van der Waals surface area (Å²) >= 11 is 0. The normalized spacial score (nSPS) is 10.7. The number of anilines is 3. The van der Waals surface area contributed by atoms with Crippen LogP contribution in [-0.4, -0.2) is 30.7 Å². The Labute approximate surface area is 183 Å². The van der Waals surface area contributed by atoms with E-state index in [4.69, 9.17) is 10.5 Å². The average Bonchev–Trinajstić information content (AvgIpc) is 3.08. The molecule has 3 N–H and O–H groups in total. The van der Waals surface area contributed by atoms with Crippen molar-refractivity contribution in [3.8, 4) is 5.69 Å². The maximum absolute atomic E-state index is 13.1. The van der Waals surface area contributed by atoms with Crippen LogP contribution in [0.3, 0.4) is 0 Å². The Kier molecular flexibility index (Phi) is 5.75. The van der Waals surface area contributed by atoms with E-state index in [1.165, 1.54) is 24.3 Å². The topological polar surface area (TPSA) is 121 Å². The highest BCUT2D eigenvalue weighted by Crippen LogP contribution is 2.19. The highest BCUT2D eigenvalue weighted by molar-refractivity contribution is 5.92. The first-order valence-electron chi connectivity index (χ1n) is 9.72. The Balaban J connectivity index is 1.49. The number of nitrogen functional groups attached to an aromatic ring is 1. The second-order valence-corrected chi connectivity index (χ2v) is 6.93. The van der Waals surface area contributed by atoms with Crippen molar-refractivity contribution in [2.45, 2.75) is 20.5 Å². The minimum Gasteiger partial charge on any atom is -0.454 e. The van der Waals surface area contributed by atoms with Crippen molar-refractivity contribution >= 4 is 23.6 Å². The molecule has 2 aromatic heterocycles. The van der Waals surface area contributed by atoms with Gasteiger partial charge in [0.1, 0.15) is 11.4 Å². The molecule has 0 amide bonds. The summed E-state index contributed by atoms with van der Waals surface area (Å²) in [6.45, 7) is 3.34. The first-order valence-corrected chi connectivity index (χ1v) is 9.72. The molecule has 162 valence electrons. The van der Waals surface area contributed by atoms with Crippen molar-refractivity contribution in [1.29, 1.82) is 0 Å². The number of benzene rings is 2. The molecule has 0 saturated carbocycles. The number of nitrogens with zero attached hydrogens (tertiary/aromatic N) is 5. The molecule has 0 fully saturated rings. The molecule has 0 unspecified atom stereocenters. The molecule has 0 spiro atoms. The fourth-order valence-electron chi connectivity index (χ4n) is 3.18. The van der Waals surface area contributed by atoms with E-state index in [0.717, 1.165) is 5.69 Å². The molecule has 4 rings (SSSR count). The van der Waals surface area contributed by atoms with Gasteiger partial charge >= 0.3 is 5.97 Å². The molecular weight excluding hydrogens is 413 g/mol. The number of para-hydroxylation sites is 1. The highest BCUT2D eigenvalue weighted by atomic mass is 19.1. The van der Waals surface area contributed by atoms with Crippen LogP contribution in [-0.2, 0) is 11.3 Å². The van der Waals surface area contributed by atoms with Gasteiger partial charge in [-0.25, -0.2) is 13.9 Å². The molecule has 0 radical (unpaired) electrons. The first kappa shape index (κ1) is 20.9. The maximum atomic E-state index is 13.1. The third-order valence-electron chi connectivity index (χ3n) is 4.63. The van der Waals surface area contributed by atoms with E-state index >= 15 is 0 Å². The Morgan fingerprint density at radius 1 is 1.06 bits per heavy atom. The number of esters is 1. The minimum absolute atomic E-state index is 0.0417. The average molecular weight is 433 g/mol. The number of nitrogens with one attached hydrogen (secondary N) is 1. The van der Waals surface area contributed by atoms with Gasteiger partial charge in [-0.1, -0.05) is 18.2 Å². The molecule has 0 saturated heterocycles. The Hall–Kier alpha value is -4.34. The van der Waals surface area contributed by atoms with E-state index in [9.17, 15) is 9.18 Å². The summed E-state index contributed by atoms with van der Waals surface area (Å²) in [5, 5.41) is 7.36. The lowest BCUT2D eigenvalue weighted by molar-refractivity contribution is 0.0460. The van der Waals surface area contributed by atoms with Crippen molar-refractivity contribution in [2.24, 2.45) is 0 Å². The van der Waals surface area contributed by atoms with Gasteiger partial charge in [-0.15, -0.1) is 0 Å². The summed E-state index contributed by atoms with van der Waals surface area (Å²) in [5.74, 6) is -0.630. The number of carbonyl (C=O) groups excluding carboxylic acids is 1. The highest BCUT2D eigenvalue weighted by Gasteiger charge is 2.21. The summed E-state index contributed by atoms with van der Waals surface area (Å²) < 4.78 is 20.2. The van der Waals surface area contributed by atoms with Crippen LogP contribution in [0.2, 0.25) is 0 Å². The van der Waals surface area contributed by atoms with Crippen LogP contribution in [0.4, 0.5) is 22.0 Å². The van der Waals surface area contributed by atoms with Crippen LogP contribution >= 0.6 is 0 Å².